The molecule has 0 aromatic carbocycles. The molecule has 1 aromatic rings. The summed E-state index contributed by atoms with van der Waals surface area (Å²) in [7, 11) is 1.81. The van der Waals surface area contributed by atoms with E-state index in [4.69, 9.17) is 5.73 Å². The van der Waals surface area contributed by atoms with Gasteiger partial charge in [-0.2, -0.15) is 0 Å². The lowest BCUT2D eigenvalue weighted by atomic mass is 10.0. The van der Waals surface area contributed by atoms with Crippen molar-refractivity contribution in [3.63, 3.8) is 0 Å². The molecule has 0 radical (unpaired) electrons. The predicted octanol–water partition coefficient (Wildman–Crippen LogP) is -0.00300. The van der Waals surface area contributed by atoms with Crippen molar-refractivity contribution < 1.29 is 0 Å². The van der Waals surface area contributed by atoms with Crippen molar-refractivity contribution in [2.75, 3.05) is 18.4 Å². The lowest BCUT2D eigenvalue weighted by Gasteiger charge is -2.13. The van der Waals surface area contributed by atoms with E-state index >= 15 is 0 Å². The Labute approximate surface area is 83.9 Å². The summed E-state index contributed by atoms with van der Waals surface area (Å²) in [5.41, 5.74) is 5.51. The first-order valence-corrected chi connectivity index (χ1v) is 4.94. The molecule has 0 bridgehead atoms. The van der Waals surface area contributed by atoms with E-state index in [1.807, 2.05) is 7.05 Å². The van der Waals surface area contributed by atoms with Gasteiger partial charge in [-0.05, 0) is 29.3 Å². The monoisotopic (exact) mass is 198 g/mol. The average molecular weight is 198 g/mol. The van der Waals surface area contributed by atoms with Gasteiger partial charge in [0, 0.05) is 13.6 Å². The lowest BCUT2D eigenvalue weighted by molar-refractivity contribution is 0.499. The number of nitrogens with two attached hydrogens (primary N) is 1. The maximum absolute atomic E-state index is 5.51. The summed E-state index contributed by atoms with van der Waals surface area (Å²) in [6, 6.07) is 0. The number of aryl methyl sites for hydroxylation is 1. The summed E-state index contributed by atoms with van der Waals surface area (Å²) in [6.07, 6.45) is 2.16. The fourth-order valence-corrected chi connectivity index (χ4v) is 1.30. The van der Waals surface area contributed by atoms with Gasteiger partial charge in [0.2, 0.25) is 5.95 Å². The SMILES string of the molecule is CCC(CCN)CNc1nnnn1C. The Morgan fingerprint density at radius 3 is 2.86 bits per heavy atom. The highest BCUT2D eigenvalue weighted by Crippen LogP contribution is 2.07. The maximum Gasteiger partial charge on any atom is 0.242 e. The zero-order valence-electron chi connectivity index (χ0n) is 8.77. The molecule has 0 aliphatic carbocycles. The van der Waals surface area contributed by atoms with E-state index in [0.717, 1.165) is 25.9 Å². The molecule has 6 heteroatoms. The molecule has 0 saturated carbocycles. The van der Waals surface area contributed by atoms with E-state index in [0.29, 0.717) is 11.9 Å². The number of nitrogens with one attached hydrogen (secondary N) is 1. The molecule has 0 saturated heterocycles. The summed E-state index contributed by atoms with van der Waals surface area (Å²) < 4.78 is 1.62. The van der Waals surface area contributed by atoms with E-state index in [-0.39, 0.29) is 0 Å². The van der Waals surface area contributed by atoms with Crippen LogP contribution in [-0.2, 0) is 7.05 Å². The normalized spacial score (nSPS) is 12.8. The molecular formula is C8H18N6. The van der Waals surface area contributed by atoms with Crippen molar-refractivity contribution in [2.45, 2.75) is 19.8 Å². The van der Waals surface area contributed by atoms with Crippen molar-refractivity contribution in [3.8, 4) is 0 Å². The van der Waals surface area contributed by atoms with Crippen LogP contribution in [0.4, 0.5) is 5.95 Å². The van der Waals surface area contributed by atoms with Gasteiger partial charge < -0.3 is 11.1 Å². The Morgan fingerprint density at radius 2 is 2.36 bits per heavy atom. The van der Waals surface area contributed by atoms with Gasteiger partial charge in [-0.25, -0.2) is 4.68 Å². The van der Waals surface area contributed by atoms with Crippen molar-refractivity contribution >= 4 is 5.95 Å². The number of hydrogen-bond acceptors (Lipinski definition) is 5. The van der Waals surface area contributed by atoms with Crippen LogP contribution in [-0.4, -0.2) is 33.3 Å². The highest BCUT2D eigenvalue weighted by atomic mass is 15.6. The van der Waals surface area contributed by atoms with Crippen LogP contribution < -0.4 is 11.1 Å². The van der Waals surface area contributed by atoms with Gasteiger partial charge in [0.05, 0.1) is 0 Å². The Kier molecular flexibility index (Phi) is 4.31. The molecule has 3 N–H and O–H groups in total. The quantitative estimate of drug-likeness (QED) is 0.672. The summed E-state index contributed by atoms with van der Waals surface area (Å²) in [5, 5.41) is 14.3. The second kappa shape index (κ2) is 5.54. The smallest absolute Gasteiger partial charge is 0.242 e. The van der Waals surface area contributed by atoms with Crippen LogP contribution in [0.25, 0.3) is 0 Å². The topological polar surface area (TPSA) is 81.7 Å². The van der Waals surface area contributed by atoms with Gasteiger partial charge in [0.15, 0.2) is 0 Å². The molecule has 1 atom stereocenters. The standard InChI is InChI=1S/C8H18N6/c1-3-7(4-5-9)6-10-8-11-12-13-14(8)2/h7H,3-6,9H2,1-2H3,(H,10,11,13). The molecule has 80 valence electrons. The van der Waals surface area contributed by atoms with Crippen LogP contribution in [0.3, 0.4) is 0 Å². The van der Waals surface area contributed by atoms with E-state index in [1.165, 1.54) is 0 Å². The van der Waals surface area contributed by atoms with Crippen LogP contribution in [0.1, 0.15) is 19.8 Å². The van der Waals surface area contributed by atoms with Crippen LogP contribution in [0.15, 0.2) is 0 Å². The number of rotatable bonds is 6. The fraction of sp³-hybridized carbons (Fsp3) is 0.875. The van der Waals surface area contributed by atoms with Gasteiger partial charge in [0.1, 0.15) is 0 Å². The second-order valence-electron chi connectivity index (χ2n) is 3.36. The number of tetrazole rings is 1. The van der Waals surface area contributed by atoms with E-state index in [9.17, 15) is 0 Å². The summed E-state index contributed by atoms with van der Waals surface area (Å²) >= 11 is 0. The largest absolute Gasteiger partial charge is 0.353 e. The number of anilines is 1. The van der Waals surface area contributed by atoms with Crippen LogP contribution in [0.5, 0.6) is 0 Å². The molecule has 1 rings (SSSR count). The van der Waals surface area contributed by atoms with E-state index in [2.05, 4.69) is 27.8 Å². The zero-order valence-corrected chi connectivity index (χ0v) is 8.77. The Balaban J connectivity index is 2.35. The molecule has 1 aromatic heterocycles. The van der Waals surface area contributed by atoms with E-state index in [1.54, 1.807) is 4.68 Å². The molecule has 6 nitrogen and oxygen atoms in total. The highest BCUT2D eigenvalue weighted by Gasteiger charge is 2.07. The zero-order chi connectivity index (χ0) is 10.4. The summed E-state index contributed by atoms with van der Waals surface area (Å²) in [6.45, 7) is 3.77. The first-order valence-electron chi connectivity index (χ1n) is 4.94. The third-order valence-corrected chi connectivity index (χ3v) is 2.32. The molecule has 0 fully saturated rings. The molecule has 1 unspecified atom stereocenters. The Bertz CT molecular complexity index is 258. The van der Waals surface area contributed by atoms with Crippen molar-refractivity contribution in [1.29, 1.82) is 0 Å². The van der Waals surface area contributed by atoms with Gasteiger partial charge in [-0.15, -0.1) is 0 Å². The van der Waals surface area contributed by atoms with E-state index < -0.39 is 0 Å². The minimum atomic E-state index is 0.594. The summed E-state index contributed by atoms with van der Waals surface area (Å²) in [4.78, 5) is 0. The van der Waals surface area contributed by atoms with Crippen LogP contribution in [0, 0.1) is 5.92 Å². The van der Waals surface area contributed by atoms with Crippen molar-refractivity contribution in [1.82, 2.24) is 20.2 Å². The molecular weight excluding hydrogens is 180 g/mol. The minimum Gasteiger partial charge on any atom is -0.353 e. The third kappa shape index (κ3) is 2.95. The van der Waals surface area contributed by atoms with Crippen molar-refractivity contribution in [3.05, 3.63) is 0 Å². The first-order chi connectivity index (χ1) is 6.77. The van der Waals surface area contributed by atoms with Gasteiger partial charge in [-0.1, -0.05) is 18.4 Å². The predicted molar refractivity (Wildman–Crippen MR) is 54.7 cm³/mol. The highest BCUT2D eigenvalue weighted by molar-refractivity contribution is 5.20. The van der Waals surface area contributed by atoms with Gasteiger partial charge in [0.25, 0.3) is 0 Å². The molecule has 0 aliphatic heterocycles. The van der Waals surface area contributed by atoms with Crippen LogP contribution >= 0.6 is 0 Å². The molecule has 14 heavy (non-hydrogen) atoms. The third-order valence-electron chi connectivity index (χ3n) is 2.32. The maximum atomic E-state index is 5.51. The molecule has 1 heterocycles. The minimum absolute atomic E-state index is 0.594. The lowest BCUT2D eigenvalue weighted by Crippen LogP contribution is -2.19. The average Bonchev–Trinajstić information content (AvgIpc) is 2.59. The van der Waals surface area contributed by atoms with Gasteiger partial charge >= 0.3 is 0 Å². The first kappa shape index (κ1) is 10.9. The number of hydrogen-bond donors (Lipinski definition) is 2. The number of nitrogens with zero attached hydrogens (tertiary/aromatic N) is 4. The fourth-order valence-electron chi connectivity index (χ4n) is 1.30. The Hall–Kier alpha value is -1.17. The van der Waals surface area contributed by atoms with Gasteiger partial charge in [-0.3, -0.25) is 0 Å². The van der Waals surface area contributed by atoms with Crippen molar-refractivity contribution in [2.24, 2.45) is 18.7 Å². The molecule has 0 amide bonds. The Morgan fingerprint density at radius 1 is 1.57 bits per heavy atom. The second-order valence-corrected chi connectivity index (χ2v) is 3.36. The molecule has 0 aliphatic rings. The van der Waals surface area contributed by atoms with Crippen LogP contribution in [0.2, 0.25) is 0 Å². The summed E-state index contributed by atoms with van der Waals surface area (Å²) in [5.74, 6) is 1.30. The number of aromatic nitrogens is 4. The molecule has 0 spiro atoms.